The molecule has 0 amide bonds. The van der Waals surface area contributed by atoms with E-state index in [1.54, 1.807) is 13.8 Å². The number of hydrogen-bond acceptors (Lipinski definition) is 6. The molecule has 0 saturated heterocycles. The Morgan fingerprint density at radius 3 is 2.52 bits per heavy atom. The predicted molar refractivity (Wildman–Crippen MR) is 78.8 cm³/mol. The summed E-state index contributed by atoms with van der Waals surface area (Å²) < 4.78 is 26.2. The maximum absolute atomic E-state index is 12.5. The first-order valence-electron chi connectivity index (χ1n) is 6.51. The van der Waals surface area contributed by atoms with E-state index in [9.17, 15) is 18.5 Å². The van der Waals surface area contributed by atoms with E-state index in [2.05, 4.69) is 5.32 Å². The lowest BCUT2D eigenvalue weighted by Crippen LogP contribution is -2.33. The molecule has 0 radical (unpaired) electrons. The Kier molecular flexibility index (Phi) is 6.06. The standard InChI is InChI=1S/C12H19N3O5S/c1-3-13-11-9-10(15(17)18)5-6-12(11)21(19,20)14(4-2)7-8-16/h5-6,9,13,16H,3-4,7-8H2,1-2H3. The van der Waals surface area contributed by atoms with Gasteiger partial charge in [0.1, 0.15) is 4.90 Å². The Labute approximate surface area is 123 Å². The number of benzene rings is 1. The summed E-state index contributed by atoms with van der Waals surface area (Å²) in [6.07, 6.45) is 0. The zero-order valence-electron chi connectivity index (χ0n) is 11.9. The minimum absolute atomic E-state index is 0.0264. The van der Waals surface area contributed by atoms with Crippen molar-refractivity contribution in [2.75, 3.05) is 31.6 Å². The van der Waals surface area contributed by atoms with Crippen molar-refractivity contribution in [2.24, 2.45) is 0 Å². The molecule has 1 rings (SSSR count). The van der Waals surface area contributed by atoms with Gasteiger partial charge in [-0.15, -0.1) is 0 Å². The quantitative estimate of drug-likeness (QED) is 0.547. The van der Waals surface area contributed by atoms with E-state index in [1.807, 2.05) is 0 Å². The molecule has 0 atom stereocenters. The molecule has 118 valence electrons. The van der Waals surface area contributed by atoms with Gasteiger partial charge in [-0.25, -0.2) is 8.42 Å². The molecule has 0 saturated carbocycles. The third-order valence-electron chi connectivity index (χ3n) is 2.86. The Bertz CT molecular complexity index is 603. The third kappa shape index (κ3) is 3.90. The smallest absolute Gasteiger partial charge is 0.271 e. The van der Waals surface area contributed by atoms with Crippen molar-refractivity contribution in [2.45, 2.75) is 18.7 Å². The lowest BCUT2D eigenvalue weighted by atomic mass is 10.3. The Balaban J connectivity index is 3.36. The molecule has 8 nitrogen and oxygen atoms in total. The first-order chi connectivity index (χ1) is 9.88. The summed E-state index contributed by atoms with van der Waals surface area (Å²) in [6.45, 7) is 3.73. The average molecular weight is 317 g/mol. The highest BCUT2D eigenvalue weighted by Gasteiger charge is 2.26. The van der Waals surface area contributed by atoms with Gasteiger partial charge in [0.05, 0.1) is 17.2 Å². The summed E-state index contributed by atoms with van der Waals surface area (Å²) in [5.74, 6) is 0. The number of hydrogen-bond donors (Lipinski definition) is 2. The number of rotatable bonds is 8. The number of sulfonamides is 1. The van der Waals surface area contributed by atoms with Crippen LogP contribution in [0.2, 0.25) is 0 Å². The monoisotopic (exact) mass is 317 g/mol. The fourth-order valence-electron chi connectivity index (χ4n) is 1.88. The fraction of sp³-hybridized carbons (Fsp3) is 0.500. The highest BCUT2D eigenvalue weighted by atomic mass is 32.2. The molecule has 2 N–H and O–H groups in total. The molecular weight excluding hydrogens is 298 g/mol. The van der Waals surface area contributed by atoms with Gasteiger partial charge in [-0.2, -0.15) is 4.31 Å². The van der Waals surface area contributed by atoms with Gasteiger partial charge in [-0.05, 0) is 13.0 Å². The number of nitro groups is 1. The van der Waals surface area contributed by atoms with E-state index in [1.165, 1.54) is 12.1 Å². The van der Waals surface area contributed by atoms with Crippen LogP contribution in [-0.2, 0) is 10.0 Å². The molecular formula is C12H19N3O5S. The van der Waals surface area contributed by atoms with Gasteiger partial charge in [-0.1, -0.05) is 6.92 Å². The molecule has 1 aromatic carbocycles. The minimum atomic E-state index is -3.82. The van der Waals surface area contributed by atoms with E-state index in [-0.39, 0.29) is 36.0 Å². The van der Waals surface area contributed by atoms with E-state index >= 15 is 0 Å². The number of likely N-dealkylation sites (N-methyl/N-ethyl adjacent to an activating group) is 1. The second-order valence-corrected chi connectivity index (χ2v) is 6.09. The van der Waals surface area contributed by atoms with E-state index in [0.29, 0.717) is 6.54 Å². The Morgan fingerprint density at radius 1 is 1.38 bits per heavy atom. The van der Waals surface area contributed by atoms with Crippen molar-refractivity contribution in [3.8, 4) is 0 Å². The second kappa shape index (κ2) is 7.34. The Hall–Kier alpha value is -1.71. The normalized spacial score (nSPS) is 11.6. The SMILES string of the molecule is CCNc1cc([N+](=O)[O-])ccc1S(=O)(=O)N(CC)CCO. The molecule has 0 heterocycles. The van der Waals surface area contributed by atoms with Gasteiger partial charge < -0.3 is 10.4 Å². The molecule has 0 aromatic heterocycles. The first kappa shape index (κ1) is 17.3. The number of aliphatic hydroxyl groups excluding tert-OH is 1. The van der Waals surface area contributed by atoms with Gasteiger partial charge in [0.15, 0.2) is 0 Å². The highest BCUT2D eigenvalue weighted by Crippen LogP contribution is 2.28. The number of nitrogens with one attached hydrogen (secondary N) is 1. The van der Waals surface area contributed by atoms with Crippen LogP contribution < -0.4 is 5.32 Å². The minimum Gasteiger partial charge on any atom is -0.395 e. The first-order valence-corrected chi connectivity index (χ1v) is 7.95. The summed E-state index contributed by atoms with van der Waals surface area (Å²) in [5.41, 5.74) is -0.00167. The zero-order valence-corrected chi connectivity index (χ0v) is 12.8. The number of nitro benzene ring substituents is 1. The van der Waals surface area contributed by atoms with Crippen LogP contribution in [0.25, 0.3) is 0 Å². The third-order valence-corrected chi connectivity index (χ3v) is 4.89. The Morgan fingerprint density at radius 2 is 2.05 bits per heavy atom. The molecule has 0 aliphatic heterocycles. The molecule has 0 aliphatic rings. The van der Waals surface area contributed by atoms with E-state index in [4.69, 9.17) is 5.11 Å². The summed E-state index contributed by atoms with van der Waals surface area (Å²) in [6, 6.07) is 3.56. The molecule has 1 aromatic rings. The summed E-state index contributed by atoms with van der Waals surface area (Å²) in [5, 5.41) is 22.6. The van der Waals surface area contributed by atoms with E-state index in [0.717, 1.165) is 10.4 Å². The lowest BCUT2D eigenvalue weighted by molar-refractivity contribution is -0.384. The van der Waals surface area contributed by atoms with Crippen molar-refractivity contribution in [1.29, 1.82) is 0 Å². The number of non-ortho nitro benzene ring substituents is 1. The van der Waals surface area contributed by atoms with Crippen LogP contribution in [0, 0.1) is 10.1 Å². The fourth-order valence-corrected chi connectivity index (χ4v) is 3.47. The maximum Gasteiger partial charge on any atom is 0.271 e. The predicted octanol–water partition coefficient (Wildman–Crippen LogP) is 1.03. The van der Waals surface area contributed by atoms with Crippen LogP contribution in [0.1, 0.15) is 13.8 Å². The van der Waals surface area contributed by atoms with Crippen molar-refractivity contribution in [1.82, 2.24) is 4.31 Å². The molecule has 0 unspecified atom stereocenters. The lowest BCUT2D eigenvalue weighted by Gasteiger charge is -2.21. The summed E-state index contributed by atoms with van der Waals surface area (Å²) >= 11 is 0. The zero-order chi connectivity index (χ0) is 16.0. The number of anilines is 1. The molecule has 0 aliphatic carbocycles. The van der Waals surface area contributed by atoms with Crippen LogP contribution in [0.3, 0.4) is 0 Å². The van der Waals surface area contributed by atoms with Crippen molar-refractivity contribution in [3.63, 3.8) is 0 Å². The van der Waals surface area contributed by atoms with Crippen LogP contribution in [-0.4, -0.2) is 49.0 Å². The molecule has 0 fully saturated rings. The van der Waals surface area contributed by atoms with Gasteiger partial charge >= 0.3 is 0 Å². The summed E-state index contributed by atoms with van der Waals surface area (Å²) in [4.78, 5) is 10.2. The van der Waals surface area contributed by atoms with Crippen LogP contribution in [0.15, 0.2) is 23.1 Å². The van der Waals surface area contributed by atoms with Crippen LogP contribution >= 0.6 is 0 Å². The second-order valence-electron chi connectivity index (χ2n) is 4.19. The van der Waals surface area contributed by atoms with Crippen molar-refractivity contribution in [3.05, 3.63) is 28.3 Å². The van der Waals surface area contributed by atoms with Gasteiger partial charge in [0, 0.05) is 31.8 Å². The molecule has 0 bridgehead atoms. The molecule has 0 spiro atoms. The highest BCUT2D eigenvalue weighted by molar-refractivity contribution is 7.89. The van der Waals surface area contributed by atoms with Gasteiger partial charge in [-0.3, -0.25) is 10.1 Å². The van der Waals surface area contributed by atoms with Crippen molar-refractivity contribution >= 4 is 21.4 Å². The van der Waals surface area contributed by atoms with Gasteiger partial charge in [0.25, 0.3) is 5.69 Å². The maximum atomic E-state index is 12.5. The topological polar surface area (TPSA) is 113 Å². The van der Waals surface area contributed by atoms with Crippen LogP contribution in [0.5, 0.6) is 0 Å². The summed E-state index contributed by atoms with van der Waals surface area (Å²) in [7, 11) is -3.82. The molecule has 9 heteroatoms. The van der Waals surface area contributed by atoms with Crippen molar-refractivity contribution < 1.29 is 18.4 Å². The van der Waals surface area contributed by atoms with E-state index < -0.39 is 14.9 Å². The average Bonchev–Trinajstić information content (AvgIpc) is 2.44. The number of nitrogens with zero attached hydrogens (tertiary/aromatic N) is 2. The van der Waals surface area contributed by atoms with Crippen LogP contribution in [0.4, 0.5) is 11.4 Å². The van der Waals surface area contributed by atoms with Gasteiger partial charge in [0.2, 0.25) is 10.0 Å². The molecule has 21 heavy (non-hydrogen) atoms. The largest absolute Gasteiger partial charge is 0.395 e. The number of aliphatic hydroxyl groups is 1.